The van der Waals surface area contributed by atoms with Crippen LogP contribution < -0.4 is 11.1 Å². The minimum atomic E-state index is -1.16. The summed E-state index contributed by atoms with van der Waals surface area (Å²) in [7, 11) is 0. The molecule has 0 saturated carbocycles. The van der Waals surface area contributed by atoms with Gasteiger partial charge >= 0.3 is 11.9 Å². The van der Waals surface area contributed by atoms with Crippen molar-refractivity contribution in [1.82, 2.24) is 5.32 Å². The van der Waals surface area contributed by atoms with Gasteiger partial charge in [-0.15, -0.1) is 0 Å². The lowest BCUT2D eigenvalue weighted by Gasteiger charge is -2.15. The van der Waals surface area contributed by atoms with Crippen molar-refractivity contribution >= 4 is 17.8 Å². The van der Waals surface area contributed by atoms with E-state index >= 15 is 0 Å². The Morgan fingerprint density at radius 3 is 2.33 bits per heavy atom. The molecule has 0 aliphatic rings. The number of nitrogens with two attached hydrogens (primary N) is 1. The number of amides is 1. The maximum Gasteiger partial charge on any atom is 0.326 e. The van der Waals surface area contributed by atoms with Gasteiger partial charge in [-0.25, -0.2) is 4.79 Å². The fourth-order valence-electron chi connectivity index (χ4n) is 1.37. The number of carboxylic acid groups (broad SMARTS) is 2. The van der Waals surface area contributed by atoms with E-state index in [0.717, 1.165) is 0 Å². The average molecular weight is 260 g/mol. The normalized spacial score (nSPS) is 13.7. The van der Waals surface area contributed by atoms with E-state index < -0.39 is 18.0 Å². The van der Waals surface area contributed by atoms with Crippen LogP contribution in [0.3, 0.4) is 0 Å². The number of carboxylic acids is 2. The van der Waals surface area contributed by atoms with Crippen LogP contribution >= 0.6 is 0 Å². The third-order valence-corrected chi connectivity index (χ3v) is 2.45. The Labute approximate surface area is 105 Å². The van der Waals surface area contributed by atoms with E-state index in [1.54, 1.807) is 6.92 Å². The number of aliphatic carboxylic acids is 2. The molecule has 0 heterocycles. The highest BCUT2D eigenvalue weighted by atomic mass is 16.4. The molecule has 2 atom stereocenters. The van der Waals surface area contributed by atoms with Crippen molar-refractivity contribution in [1.29, 1.82) is 0 Å². The minimum Gasteiger partial charge on any atom is -0.481 e. The van der Waals surface area contributed by atoms with Gasteiger partial charge in [0.05, 0.1) is 0 Å². The Bertz CT molecular complexity index is 306. The highest BCUT2D eigenvalue weighted by molar-refractivity contribution is 5.83. The quantitative estimate of drug-likeness (QED) is 0.454. The molecule has 1 unspecified atom stereocenters. The van der Waals surface area contributed by atoms with Crippen molar-refractivity contribution in [2.24, 2.45) is 11.7 Å². The summed E-state index contributed by atoms with van der Waals surface area (Å²) >= 11 is 0. The van der Waals surface area contributed by atoms with Crippen molar-refractivity contribution < 1.29 is 24.6 Å². The van der Waals surface area contributed by atoms with E-state index in [9.17, 15) is 14.4 Å². The van der Waals surface area contributed by atoms with Crippen molar-refractivity contribution in [2.45, 2.75) is 38.6 Å². The summed E-state index contributed by atoms with van der Waals surface area (Å²) in [5, 5.41) is 19.7. The highest BCUT2D eigenvalue weighted by Gasteiger charge is 2.20. The van der Waals surface area contributed by atoms with Crippen LogP contribution in [0.5, 0.6) is 0 Å². The second-order valence-electron chi connectivity index (χ2n) is 4.29. The van der Waals surface area contributed by atoms with Crippen LogP contribution in [0.15, 0.2) is 0 Å². The molecule has 0 aliphatic heterocycles. The molecule has 5 N–H and O–H groups in total. The van der Waals surface area contributed by atoms with E-state index in [2.05, 4.69) is 5.32 Å². The second kappa shape index (κ2) is 8.46. The van der Waals surface area contributed by atoms with Gasteiger partial charge in [-0.3, -0.25) is 9.59 Å². The molecule has 0 fully saturated rings. The van der Waals surface area contributed by atoms with Crippen LogP contribution in [-0.4, -0.2) is 40.6 Å². The molecule has 0 saturated heterocycles. The van der Waals surface area contributed by atoms with E-state index in [0.29, 0.717) is 6.54 Å². The van der Waals surface area contributed by atoms with Crippen LogP contribution in [0.2, 0.25) is 0 Å². The standard InChI is InChI=1S/C11H20N2O5/c1-7(6-12)5-9(14)13-8(11(17)18)3-2-4-10(15)16/h7-8H,2-6,12H2,1H3,(H,13,14)(H,15,16)(H,17,18)/t7?,8-/m1/s1. The molecule has 0 aromatic heterocycles. The number of nitrogens with one attached hydrogen (secondary N) is 1. The highest BCUT2D eigenvalue weighted by Crippen LogP contribution is 2.04. The summed E-state index contributed by atoms with van der Waals surface area (Å²) in [6.45, 7) is 2.14. The van der Waals surface area contributed by atoms with Gasteiger partial charge in [0, 0.05) is 12.8 Å². The molecule has 0 aromatic rings. The Kier molecular flexibility index (Phi) is 7.69. The third kappa shape index (κ3) is 7.61. The number of hydrogen-bond donors (Lipinski definition) is 4. The van der Waals surface area contributed by atoms with Gasteiger partial charge < -0.3 is 21.3 Å². The molecule has 0 bridgehead atoms. The van der Waals surface area contributed by atoms with E-state index in [1.165, 1.54) is 0 Å². The Morgan fingerprint density at radius 2 is 1.89 bits per heavy atom. The van der Waals surface area contributed by atoms with Crippen molar-refractivity contribution in [2.75, 3.05) is 6.54 Å². The molecule has 7 heteroatoms. The first kappa shape index (κ1) is 16.4. The largest absolute Gasteiger partial charge is 0.481 e. The Hall–Kier alpha value is -1.63. The summed E-state index contributed by atoms with van der Waals surface area (Å²) in [5.41, 5.74) is 5.36. The fourth-order valence-corrected chi connectivity index (χ4v) is 1.37. The summed E-state index contributed by atoms with van der Waals surface area (Å²) in [6.07, 6.45) is 0.363. The molecule has 7 nitrogen and oxygen atoms in total. The Balaban J connectivity index is 4.14. The monoisotopic (exact) mass is 260 g/mol. The third-order valence-electron chi connectivity index (χ3n) is 2.45. The first-order chi connectivity index (χ1) is 8.36. The van der Waals surface area contributed by atoms with Crippen LogP contribution in [0, 0.1) is 5.92 Å². The van der Waals surface area contributed by atoms with Crippen molar-refractivity contribution in [3.8, 4) is 0 Å². The van der Waals surface area contributed by atoms with E-state index in [1.807, 2.05) is 0 Å². The number of rotatable bonds is 9. The van der Waals surface area contributed by atoms with Gasteiger partial charge in [-0.1, -0.05) is 6.92 Å². The molecule has 0 radical (unpaired) electrons. The van der Waals surface area contributed by atoms with Gasteiger partial charge in [-0.05, 0) is 25.3 Å². The van der Waals surface area contributed by atoms with Gasteiger partial charge in [0.1, 0.15) is 6.04 Å². The average Bonchev–Trinajstić information content (AvgIpc) is 2.26. The zero-order valence-corrected chi connectivity index (χ0v) is 10.4. The van der Waals surface area contributed by atoms with Gasteiger partial charge in [0.2, 0.25) is 5.91 Å². The van der Waals surface area contributed by atoms with Crippen LogP contribution in [-0.2, 0) is 14.4 Å². The number of hydrogen-bond acceptors (Lipinski definition) is 4. The van der Waals surface area contributed by atoms with Gasteiger partial charge in [-0.2, -0.15) is 0 Å². The summed E-state index contributed by atoms with van der Waals surface area (Å²) in [4.78, 5) is 32.7. The summed E-state index contributed by atoms with van der Waals surface area (Å²) < 4.78 is 0. The molecule has 0 aliphatic carbocycles. The lowest BCUT2D eigenvalue weighted by Crippen LogP contribution is -2.41. The maximum atomic E-state index is 11.5. The molecular formula is C11H20N2O5. The molecule has 0 rings (SSSR count). The zero-order valence-electron chi connectivity index (χ0n) is 10.4. The molecule has 0 spiro atoms. The van der Waals surface area contributed by atoms with Crippen LogP contribution in [0.1, 0.15) is 32.6 Å². The molecule has 18 heavy (non-hydrogen) atoms. The predicted octanol–water partition coefficient (Wildman–Crippen LogP) is -0.204. The smallest absolute Gasteiger partial charge is 0.326 e. The van der Waals surface area contributed by atoms with Gasteiger partial charge in [0.25, 0.3) is 0 Å². The SMILES string of the molecule is CC(CN)CC(=O)N[C@H](CCCC(=O)O)C(=O)O. The van der Waals surface area contributed by atoms with E-state index in [-0.39, 0.29) is 37.5 Å². The first-order valence-corrected chi connectivity index (χ1v) is 5.80. The van der Waals surface area contributed by atoms with E-state index in [4.69, 9.17) is 15.9 Å². The summed E-state index contributed by atoms with van der Waals surface area (Å²) in [5.74, 6) is -2.54. The van der Waals surface area contributed by atoms with Crippen LogP contribution in [0.25, 0.3) is 0 Å². The second-order valence-corrected chi connectivity index (χ2v) is 4.29. The minimum absolute atomic E-state index is 0.0153. The van der Waals surface area contributed by atoms with Crippen molar-refractivity contribution in [3.63, 3.8) is 0 Å². The summed E-state index contributed by atoms with van der Waals surface area (Å²) in [6, 6.07) is -1.04. The molecule has 1 amide bonds. The van der Waals surface area contributed by atoms with Gasteiger partial charge in [0.15, 0.2) is 0 Å². The number of carbonyl (C=O) groups excluding carboxylic acids is 1. The topological polar surface area (TPSA) is 130 Å². The Morgan fingerprint density at radius 1 is 1.28 bits per heavy atom. The molecule has 104 valence electrons. The fraction of sp³-hybridized carbons (Fsp3) is 0.727. The molecular weight excluding hydrogens is 240 g/mol. The zero-order chi connectivity index (χ0) is 14.1. The molecule has 0 aromatic carbocycles. The van der Waals surface area contributed by atoms with Crippen molar-refractivity contribution in [3.05, 3.63) is 0 Å². The predicted molar refractivity (Wildman–Crippen MR) is 63.9 cm³/mol. The lowest BCUT2D eigenvalue weighted by atomic mass is 10.1. The first-order valence-electron chi connectivity index (χ1n) is 5.80. The number of carbonyl (C=O) groups is 3. The lowest BCUT2D eigenvalue weighted by molar-refractivity contribution is -0.142. The maximum absolute atomic E-state index is 11.5. The van der Waals surface area contributed by atoms with Crippen LogP contribution in [0.4, 0.5) is 0 Å².